The summed E-state index contributed by atoms with van der Waals surface area (Å²) in [5, 5.41) is 3.00. The van der Waals surface area contributed by atoms with E-state index in [1.807, 2.05) is 0 Å². The number of halogens is 1. The van der Waals surface area contributed by atoms with E-state index >= 15 is 0 Å². The number of benzene rings is 2. The van der Waals surface area contributed by atoms with Crippen LogP contribution in [0.1, 0.15) is 15.9 Å². The van der Waals surface area contributed by atoms with Gasteiger partial charge in [-0.05, 0) is 29.8 Å². The summed E-state index contributed by atoms with van der Waals surface area (Å²) in [6.45, 7) is 0.488. The van der Waals surface area contributed by atoms with E-state index in [0.717, 1.165) is 5.56 Å². The van der Waals surface area contributed by atoms with E-state index in [-0.39, 0.29) is 11.8 Å². The zero-order chi connectivity index (χ0) is 13.7. The maximum Gasteiger partial charge on any atom is 0.337 e. The first-order valence-electron chi connectivity index (χ1n) is 5.86. The standard InChI is InChI=1S/C15H14FNO2/c1-19-15(18)12-8-6-11(7-9-12)10-17-14-5-3-2-4-13(14)16/h2-9,17H,10H2,1H3. The second-order valence-electron chi connectivity index (χ2n) is 4.02. The highest BCUT2D eigenvalue weighted by Crippen LogP contribution is 2.14. The van der Waals surface area contributed by atoms with Gasteiger partial charge in [-0.2, -0.15) is 0 Å². The number of esters is 1. The summed E-state index contributed by atoms with van der Waals surface area (Å²) < 4.78 is 18.0. The predicted molar refractivity (Wildman–Crippen MR) is 71.5 cm³/mol. The van der Waals surface area contributed by atoms with Gasteiger partial charge in [0.05, 0.1) is 18.4 Å². The van der Waals surface area contributed by atoms with Gasteiger partial charge in [0.25, 0.3) is 0 Å². The fraction of sp³-hybridized carbons (Fsp3) is 0.133. The molecule has 0 saturated heterocycles. The number of anilines is 1. The molecule has 0 saturated carbocycles. The van der Waals surface area contributed by atoms with Crippen LogP contribution in [-0.2, 0) is 11.3 Å². The lowest BCUT2D eigenvalue weighted by molar-refractivity contribution is 0.0600. The van der Waals surface area contributed by atoms with Crippen LogP contribution in [0.5, 0.6) is 0 Å². The molecule has 0 aliphatic carbocycles. The Morgan fingerprint density at radius 3 is 2.47 bits per heavy atom. The predicted octanol–water partition coefficient (Wildman–Crippen LogP) is 3.22. The van der Waals surface area contributed by atoms with Crippen molar-refractivity contribution in [1.82, 2.24) is 0 Å². The van der Waals surface area contributed by atoms with Crippen LogP contribution in [-0.4, -0.2) is 13.1 Å². The van der Waals surface area contributed by atoms with Gasteiger partial charge in [-0.15, -0.1) is 0 Å². The lowest BCUT2D eigenvalue weighted by Crippen LogP contribution is -2.03. The highest BCUT2D eigenvalue weighted by atomic mass is 19.1. The van der Waals surface area contributed by atoms with Crippen molar-refractivity contribution in [3.05, 3.63) is 65.5 Å². The van der Waals surface area contributed by atoms with Crippen LogP contribution in [0.2, 0.25) is 0 Å². The molecule has 1 N–H and O–H groups in total. The van der Waals surface area contributed by atoms with E-state index in [4.69, 9.17) is 0 Å². The van der Waals surface area contributed by atoms with Gasteiger partial charge in [-0.25, -0.2) is 9.18 Å². The van der Waals surface area contributed by atoms with Crippen molar-refractivity contribution in [2.24, 2.45) is 0 Å². The number of carbonyl (C=O) groups is 1. The van der Waals surface area contributed by atoms with E-state index in [1.54, 1.807) is 42.5 Å². The molecule has 2 aromatic carbocycles. The molecule has 19 heavy (non-hydrogen) atoms. The number of ether oxygens (including phenoxy) is 1. The number of carbonyl (C=O) groups excluding carboxylic acids is 1. The minimum Gasteiger partial charge on any atom is -0.465 e. The summed E-state index contributed by atoms with van der Waals surface area (Å²) in [6, 6.07) is 13.5. The Hall–Kier alpha value is -2.36. The van der Waals surface area contributed by atoms with Crippen LogP contribution >= 0.6 is 0 Å². The molecule has 0 heterocycles. The first-order valence-corrected chi connectivity index (χ1v) is 5.86. The summed E-state index contributed by atoms with van der Waals surface area (Å²) >= 11 is 0. The SMILES string of the molecule is COC(=O)c1ccc(CNc2ccccc2F)cc1. The van der Waals surface area contributed by atoms with Crippen molar-refractivity contribution in [1.29, 1.82) is 0 Å². The minimum absolute atomic E-state index is 0.284. The molecular weight excluding hydrogens is 245 g/mol. The maximum atomic E-state index is 13.4. The molecule has 2 rings (SSSR count). The van der Waals surface area contributed by atoms with E-state index in [2.05, 4.69) is 10.1 Å². The Balaban J connectivity index is 2.01. The van der Waals surface area contributed by atoms with Crippen LogP contribution in [0, 0.1) is 5.82 Å². The van der Waals surface area contributed by atoms with Gasteiger partial charge >= 0.3 is 5.97 Å². The van der Waals surface area contributed by atoms with Gasteiger partial charge in [0, 0.05) is 6.54 Å². The van der Waals surface area contributed by atoms with Crippen LogP contribution in [0.4, 0.5) is 10.1 Å². The van der Waals surface area contributed by atoms with Crippen molar-refractivity contribution >= 4 is 11.7 Å². The van der Waals surface area contributed by atoms with Gasteiger partial charge < -0.3 is 10.1 Å². The Morgan fingerprint density at radius 2 is 1.84 bits per heavy atom. The molecule has 0 unspecified atom stereocenters. The highest BCUT2D eigenvalue weighted by Gasteiger charge is 2.04. The summed E-state index contributed by atoms with van der Waals surface area (Å²) in [5.74, 6) is -0.651. The summed E-state index contributed by atoms with van der Waals surface area (Å²) in [5.41, 5.74) is 1.91. The molecule has 4 heteroatoms. The molecule has 0 aliphatic rings. The van der Waals surface area contributed by atoms with Crippen LogP contribution in [0.15, 0.2) is 48.5 Å². The van der Waals surface area contributed by atoms with Gasteiger partial charge in [-0.3, -0.25) is 0 Å². The number of methoxy groups -OCH3 is 1. The molecule has 0 aromatic heterocycles. The van der Waals surface area contributed by atoms with Crippen molar-refractivity contribution in [2.45, 2.75) is 6.54 Å². The van der Waals surface area contributed by atoms with Crippen molar-refractivity contribution in [2.75, 3.05) is 12.4 Å². The Kier molecular flexibility index (Phi) is 4.13. The lowest BCUT2D eigenvalue weighted by Gasteiger charge is -2.08. The molecule has 0 fully saturated rings. The number of rotatable bonds is 4. The van der Waals surface area contributed by atoms with E-state index < -0.39 is 0 Å². The van der Waals surface area contributed by atoms with Gasteiger partial charge in [0.2, 0.25) is 0 Å². The highest BCUT2D eigenvalue weighted by molar-refractivity contribution is 5.89. The fourth-order valence-corrected chi connectivity index (χ4v) is 1.68. The maximum absolute atomic E-state index is 13.4. The smallest absolute Gasteiger partial charge is 0.337 e. The normalized spacial score (nSPS) is 10.0. The zero-order valence-electron chi connectivity index (χ0n) is 10.5. The zero-order valence-corrected chi connectivity index (χ0v) is 10.5. The monoisotopic (exact) mass is 259 g/mol. The number of hydrogen-bond donors (Lipinski definition) is 1. The van der Waals surface area contributed by atoms with Crippen molar-refractivity contribution in [3.8, 4) is 0 Å². The fourth-order valence-electron chi connectivity index (χ4n) is 1.68. The lowest BCUT2D eigenvalue weighted by atomic mass is 10.1. The van der Waals surface area contributed by atoms with Crippen LogP contribution < -0.4 is 5.32 Å². The first kappa shape index (κ1) is 13.1. The van der Waals surface area contributed by atoms with E-state index in [9.17, 15) is 9.18 Å². The number of para-hydroxylation sites is 1. The third-order valence-electron chi connectivity index (χ3n) is 2.73. The quantitative estimate of drug-likeness (QED) is 0.857. The third-order valence-corrected chi connectivity index (χ3v) is 2.73. The average Bonchev–Trinajstić information content (AvgIpc) is 2.46. The first-order chi connectivity index (χ1) is 9.20. The van der Waals surface area contributed by atoms with Crippen LogP contribution in [0.25, 0.3) is 0 Å². The molecule has 0 spiro atoms. The van der Waals surface area contributed by atoms with Gasteiger partial charge in [0.15, 0.2) is 0 Å². The summed E-state index contributed by atoms with van der Waals surface area (Å²) in [7, 11) is 1.34. The minimum atomic E-state index is -0.367. The number of nitrogens with one attached hydrogen (secondary N) is 1. The molecule has 98 valence electrons. The molecular formula is C15H14FNO2. The molecule has 0 amide bonds. The third kappa shape index (κ3) is 3.31. The Bertz CT molecular complexity index is 567. The summed E-state index contributed by atoms with van der Waals surface area (Å²) in [6.07, 6.45) is 0. The average molecular weight is 259 g/mol. The molecule has 0 atom stereocenters. The molecule has 3 nitrogen and oxygen atoms in total. The molecule has 2 aromatic rings. The van der Waals surface area contributed by atoms with E-state index in [1.165, 1.54) is 13.2 Å². The van der Waals surface area contributed by atoms with Crippen molar-refractivity contribution < 1.29 is 13.9 Å². The summed E-state index contributed by atoms with van der Waals surface area (Å²) in [4.78, 5) is 11.3. The van der Waals surface area contributed by atoms with Gasteiger partial charge in [0.1, 0.15) is 5.82 Å². The van der Waals surface area contributed by atoms with Crippen LogP contribution in [0.3, 0.4) is 0 Å². The number of hydrogen-bond acceptors (Lipinski definition) is 3. The topological polar surface area (TPSA) is 38.3 Å². The second-order valence-corrected chi connectivity index (χ2v) is 4.02. The van der Waals surface area contributed by atoms with E-state index in [0.29, 0.717) is 17.8 Å². The largest absolute Gasteiger partial charge is 0.465 e. The van der Waals surface area contributed by atoms with Gasteiger partial charge in [-0.1, -0.05) is 24.3 Å². The molecule has 0 bridgehead atoms. The molecule has 0 radical (unpaired) electrons. The van der Waals surface area contributed by atoms with Crippen molar-refractivity contribution in [3.63, 3.8) is 0 Å². The Labute approximate surface area is 111 Å². The molecule has 0 aliphatic heterocycles. The second kappa shape index (κ2) is 6.00. The Morgan fingerprint density at radius 1 is 1.16 bits per heavy atom.